The number of thiophene rings is 1. The van der Waals surface area contributed by atoms with Crippen molar-refractivity contribution >= 4 is 38.2 Å². The number of anilines is 1. The van der Waals surface area contributed by atoms with Gasteiger partial charge in [-0.05, 0) is 69.4 Å². The third-order valence-corrected chi connectivity index (χ3v) is 10.3. The number of hydrogen-bond acceptors (Lipinski definition) is 6. The van der Waals surface area contributed by atoms with Crippen molar-refractivity contribution in [1.29, 1.82) is 0 Å². The summed E-state index contributed by atoms with van der Waals surface area (Å²) in [7, 11) is -2.03. The molecule has 0 aliphatic carbocycles. The van der Waals surface area contributed by atoms with Gasteiger partial charge in [-0.2, -0.15) is 0 Å². The van der Waals surface area contributed by atoms with E-state index in [2.05, 4.69) is 24.1 Å². The van der Waals surface area contributed by atoms with E-state index in [1.165, 1.54) is 39.9 Å². The minimum absolute atomic E-state index is 0.000135. The van der Waals surface area contributed by atoms with Gasteiger partial charge in [0.2, 0.25) is 10.0 Å². The molecule has 2 aliphatic heterocycles. The molecule has 10 heteroatoms. The van der Waals surface area contributed by atoms with Crippen molar-refractivity contribution < 1.29 is 18.0 Å². The molecule has 2 amide bonds. The average Bonchev–Trinajstić information content (AvgIpc) is 3.54. The van der Waals surface area contributed by atoms with Gasteiger partial charge in [0, 0.05) is 56.3 Å². The van der Waals surface area contributed by atoms with Crippen LogP contribution in [0.4, 0.5) is 5.00 Å². The summed E-state index contributed by atoms with van der Waals surface area (Å²) < 4.78 is 27.0. The number of fused-ring (bicyclic) bond motifs is 1. The molecule has 0 saturated carbocycles. The van der Waals surface area contributed by atoms with Crippen LogP contribution in [0.5, 0.6) is 0 Å². The molecular formula is C27H38N4O4S2. The molecule has 0 spiro atoms. The van der Waals surface area contributed by atoms with Gasteiger partial charge in [0.1, 0.15) is 5.00 Å². The highest BCUT2D eigenvalue weighted by Gasteiger charge is 2.32. The Morgan fingerprint density at radius 3 is 2.41 bits per heavy atom. The molecule has 202 valence electrons. The topological polar surface area (TPSA) is 90.0 Å². The van der Waals surface area contributed by atoms with Crippen molar-refractivity contribution in [3.8, 4) is 0 Å². The predicted molar refractivity (Wildman–Crippen MR) is 148 cm³/mol. The third-order valence-electron chi connectivity index (χ3n) is 7.30. The van der Waals surface area contributed by atoms with Gasteiger partial charge in [0.05, 0.1) is 10.5 Å². The first-order valence-electron chi connectivity index (χ1n) is 13.2. The Labute approximate surface area is 224 Å². The SMILES string of the molecule is CCCCN(C)S(=O)(=O)c1ccc(C(=O)Nc2sc3c(c2C(=O)N2CCCC2)CCN(C(C)C)C3)cc1. The smallest absolute Gasteiger partial charge is 0.257 e. The molecule has 8 nitrogen and oxygen atoms in total. The first-order chi connectivity index (χ1) is 17.6. The van der Waals surface area contributed by atoms with E-state index in [0.717, 1.165) is 68.7 Å². The Hall–Kier alpha value is -2.27. The quantitative estimate of drug-likeness (QED) is 0.503. The van der Waals surface area contributed by atoms with E-state index in [-0.39, 0.29) is 16.7 Å². The number of carbonyl (C=O) groups excluding carboxylic acids is 2. The van der Waals surface area contributed by atoms with Crippen molar-refractivity contribution in [3.63, 3.8) is 0 Å². The number of benzene rings is 1. The van der Waals surface area contributed by atoms with Crippen LogP contribution in [0.1, 0.15) is 77.6 Å². The zero-order valence-corrected chi connectivity index (χ0v) is 23.9. The van der Waals surface area contributed by atoms with Crippen molar-refractivity contribution in [1.82, 2.24) is 14.1 Å². The number of likely N-dealkylation sites (tertiary alicyclic amines) is 1. The number of nitrogens with one attached hydrogen (secondary N) is 1. The van der Waals surface area contributed by atoms with Crippen molar-refractivity contribution in [2.45, 2.75) is 70.4 Å². The molecule has 1 N–H and O–H groups in total. The Morgan fingerprint density at radius 1 is 1.11 bits per heavy atom. The van der Waals surface area contributed by atoms with E-state index in [1.54, 1.807) is 7.05 Å². The highest BCUT2D eigenvalue weighted by atomic mass is 32.2. The van der Waals surface area contributed by atoms with Crippen molar-refractivity contribution in [3.05, 3.63) is 45.8 Å². The fourth-order valence-corrected chi connectivity index (χ4v) is 7.36. The minimum Gasteiger partial charge on any atom is -0.339 e. The fraction of sp³-hybridized carbons (Fsp3) is 0.556. The Bertz CT molecular complexity index is 1230. The van der Waals surface area contributed by atoms with Crippen LogP contribution in [-0.2, 0) is 23.0 Å². The summed E-state index contributed by atoms with van der Waals surface area (Å²) in [5, 5.41) is 3.59. The fourth-order valence-electron chi connectivity index (χ4n) is 4.89. The highest BCUT2D eigenvalue weighted by molar-refractivity contribution is 7.89. The number of sulfonamides is 1. The van der Waals surface area contributed by atoms with Gasteiger partial charge in [-0.25, -0.2) is 12.7 Å². The maximum absolute atomic E-state index is 13.5. The van der Waals surface area contributed by atoms with Crippen LogP contribution in [0.2, 0.25) is 0 Å². The summed E-state index contributed by atoms with van der Waals surface area (Å²) in [5.41, 5.74) is 2.05. The maximum atomic E-state index is 13.5. The molecule has 3 heterocycles. The highest BCUT2D eigenvalue weighted by Crippen LogP contribution is 2.39. The van der Waals surface area contributed by atoms with Crippen LogP contribution in [0.3, 0.4) is 0 Å². The minimum atomic E-state index is -3.61. The standard InChI is InChI=1S/C27H38N4O4S2/c1-5-6-14-29(4)37(34,35)21-11-9-20(10-12-21)25(32)28-26-24(27(33)30-15-7-8-16-30)22-13-17-31(19(2)3)18-23(22)36-26/h9-12,19H,5-8,13-18H2,1-4H3,(H,28,32). The molecule has 37 heavy (non-hydrogen) atoms. The lowest BCUT2D eigenvalue weighted by atomic mass is 10.0. The Balaban J connectivity index is 1.58. The first kappa shape index (κ1) is 27.8. The molecule has 1 aromatic heterocycles. The molecule has 1 saturated heterocycles. The largest absolute Gasteiger partial charge is 0.339 e. The summed E-state index contributed by atoms with van der Waals surface area (Å²) >= 11 is 1.49. The van der Waals surface area contributed by atoms with E-state index in [9.17, 15) is 18.0 Å². The van der Waals surface area contributed by atoms with Crippen LogP contribution in [0.15, 0.2) is 29.2 Å². The van der Waals surface area contributed by atoms with E-state index in [4.69, 9.17) is 0 Å². The second-order valence-electron chi connectivity index (χ2n) is 10.2. The molecule has 0 atom stereocenters. The third kappa shape index (κ3) is 5.92. The zero-order chi connectivity index (χ0) is 26.7. The molecule has 2 aliphatic rings. The van der Waals surface area contributed by atoms with Crippen LogP contribution < -0.4 is 5.32 Å². The van der Waals surface area contributed by atoms with Gasteiger partial charge in [-0.1, -0.05) is 13.3 Å². The normalized spacial score (nSPS) is 16.4. The predicted octanol–water partition coefficient (Wildman–Crippen LogP) is 4.42. The molecule has 2 aromatic rings. The molecule has 0 radical (unpaired) electrons. The summed E-state index contributed by atoms with van der Waals surface area (Å²) in [6.07, 6.45) is 4.48. The second kappa shape index (κ2) is 11.6. The van der Waals surface area contributed by atoms with Gasteiger partial charge in [0.25, 0.3) is 11.8 Å². The Kier molecular flexibility index (Phi) is 8.73. The van der Waals surface area contributed by atoms with Crippen LogP contribution in [0, 0.1) is 0 Å². The van der Waals surface area contributed by atoms with Crippen LogP contribution >= 0.6 is 11.3 Å². The van der Waals surface area contributed by atoms with E-state index in [0.29, 0.717) is 28.7 Å². The molecule has 4 rings (SSSR count). The lowest BCUT2D eigenvalue weighted by molar-refractivity contribution is 0.0792. The number of carbonyl (C=O) groups is 2. The summed E-state index contributed by atoms with van der Waals surface area (Å²) in [4.78, 5) is 32.3. The maximum Gasteiger partial charge on any atom is 0.257 e. The number of rotatable bonds is 9. The van der Waals surface area contributed by atoms with Gasteiger partial charge in [0.15, 0.2) is 0 Å². The lowest BCUT2D eigenvalue weighted by Crippen LogP contribution is -2.36. The first-order valence-corrected chi connectivity index (χ1v) is 15.4. The van der Waals surface area contributed by atoms with Crippen LogP contribution in [-0.4, -0.2) is 73.6 Å². The lowest BCUT2D eigenvalue weighted by Gasteiger charge is -2.30. The van der Waals surface area contributed by atoms with Gasteiger partial charge >= 0.3 is 0 Å². The monoisotopic (exact) mass is 546 g/mol. The van der Waals surface area contributed by atoms with E-state index >= 15 is 0 Å². The average molecular weight is 547 g/mol. The van der Waals surface area contributed by atoms with Crippen molar-refractivity contribution in [2.24, 2.45) is 0 Å². The molecule has 1 aromatic carbocycles. The number of unbranched alkanes of at least 4 members (excludes halogenated alkanes) is 1. The van der Waals surface area contributed by atoms with Crippen molar-refractivity contribution in [2.75, 3.05) is 38.5 Å². The number of amides is 2. The number of nitrogens with zero attached hydrogens (tertiary/aromatic N) is 3. The second-order valence-corrected chi connectivity index (χ2v) is 13.3. The van der Waals surface area contributed by atoms with Gasteiger partial charge < -0.3 is 10.2 Å². The zero-order valence-electron chi connectivity index (χ0n) is 22.2. The molecule has 1 fully saturated rings. The van der Waals surface area contributed by atoms with Gasteiger partial charge in [-0.3, -0.25) is 14.5 Å². The van der Waals surface area contributed by atoms with E-state index < -0.39 is 10.0 Å². The van der Waals surface area contributed by atoms with E-state index in [1.807, 2.05) is 11.8 Å². The molecule has 0 bridgehead atoms. The molecule has 0 unspecified atom stereocenters. The van der Waals surface area contributed by atoms with Gasteiger partial charge in [-0.15, -0.1) is 11.3 Å². The van der Waals surface area contributed by atoms with Crippen LogP contribution in [0.25, 0.3) is 0 Å². The summed E-state index contributed by atoms with van der Waals surface area (Å²) in [5.74, 6) is -0.349. The summed E-state index contributed by atoms with van der Waals surface area (Å²) in [6.45, 7) is 9.96. The Morgan fingerprint density at radius 2 is 1.78 bits per heavy atom. The summed E-state index contributed by atoms with van der Waals surface area (Å²) in [6, 6.07) is 6.42. The molecular weight excluding hydrogens is 508 g/mol. The number of hydrogen-bond donors (Lipinski definition) is 1.